The van der Waals surface area contributed by atoms with Gasteiger partial charge in [-0.2, -0.15) is 0 Å². The molecule has 2 aromatic carbocycles. The van der Waals surface area contributed by atoms with Crippen LogP contribution in [0.2, 0.25) is 0 Å². The Bertz CT molecular complexity index is 1310. The maximum absolute atomic E-state index is 13.1. The van der Waals surface area contributed by atoms with Crippen molar-refractivity contribution in [2.45, 2.75) is 46.8 Å². The van der Waals surface area contributed by atoms with Crippen molar-refractivity contribution in [1.82, 2.24) is 0 Å². The number of esters is 2. The van der Waals surface area contributed by atoms with E-state index in [9.17, 15) is 14.7 Å². The number of phenols is 1. The second kappa shape index (κ2) is 12.4. The van der Waals surface area contributed by atoms with Crippen molar-refractivity contribution in [3.63, 3.8) is 0 Å². The third-order valence-corrected chi connectivity index (χ3v) is 7.46. The van der Waals surface area contributed by atoms with Crippen molar-refractivity contribution in [3.05, 3.63) is 34.9 Å². The Kier molecular flexibility index (Phi) is 9.44. The van der Waals surface area contributed by atoms with Crippen LogP contribution >= 0.6 is 0 Å². The van der Waals surface area contributed by atoms with Crippen LogP contribution in [-0.4, -0.2) is 52.6 Å². The molecule has 0 amide bonds. The molecule has 0 fully saturated rings. The van der Waals surface area contributed by atoms with E-state index in [1.165, 1.54) is 42.5 Å². The van der Waals surface area contributed by atoms with Crippen LogP contribution in [0.5, 0.6) is 34.5 Å². The molecule has 3 rings (SSSR count). The highest BCUT2D eigenvalue weighted by Gasteiger charge is 2.43. The molecule has 1 aliphatic rings. The van der Waals surface area contributed by atoms with Crippen molar-refractivity contribution in [2.75, 3.05) is 35.5 Å². The van der Waals surface area contributed by atoms with Gasteiger partial charge in [0.25, 0.3) is 0 Å². The molecule has 0 saturated carbocycles. The lowest BCUT2D eigenvalue weighted by Gasteiger charge is -2.38. The van der Waals surface area contributed by atoms with Gasteiger partial charge in [0, 0.05) is 46.6 Å². The van der Waals surface area contributed by atoms with Crippen molar-refractivity contribution >= 4 is 11.9 Å². The Morgan fingerprint density at radius 2 is 1.20 bits per heavy atom. The normalized spacial score (nSPS) is 20.2. The Labute approximate surface area is 234 Å². The highest BCUT2D eigenvalue weighted by molar-refractivity contribution is 5.90. The number of ether oxygens (including phenoxy) is 7. The lowest BCUT2D eigenvalue weighted by molar-refractivity contribution is -0.157. The SMILES string of the molecule is C/C=C(/C)C(=O)O[C@@H]1c2cc(OC)c(OC)c(O)c2-c2c(cc(OC)c(OC)c2OC)[C@@H](OC(C)=O)[C@H](C)[C@@H]1C. The predicted octanol–water partition coefficient (Wildman–Crippen LogP) is 5.54. The van der Waals surface area contributed by atoms with Crippen molar-refractivity contribution in [2.24, 2.45) is 11.8 Å². The van der Waals surface area contributed by atoms with Gasteiger partial charge >= 0.3 is 11.9 Å². The summed E-state index contributed by atoms with van der Waals surface area (Å²) < 4.78 is 40.2. The molecular formula is C30H38O10. The van der Waals surface area contributed by atoms with E-state index in [0.29, 0.717) is 28.0 Å². The standard InChI is InChI=1S/C30H38O10/c1-11-14(2)30(33)40-26-16(4)15(3)25(39-17(5)31)19-13-21(35-7)28(37-9)29(38-10)23(19)22-18(26)12-20(34-6)27(36-8)24(22)32/h11-13,15-16,25-26,32H,1-10H3/b14-11-/t15-,16+,25+,26+/m1/s1. The Morgan fingerprint density at radius 1 is 0.725 bits per heavy atom. The zero-order valence-corrected chi connectivity index (χ0v) is 24.7. The van der Waals surface area contributed by atoms with Crippen LogP contribution < -0.4 is 23.7 Å². The number of carbonyl (C=O) groups is 2. The predicted molar refractivity (Wildman–Crippen MR) is 147 cm³/mol. The summed E-state index contributed by atoms with van der Waals surface area (Å²) in [7, 11) is 7.25. The fourth-order valence-corrected chi connectivity index (χ4v) is 5.10. The number of aromatic hydroxyl groups is 1. The average Bonchev–Trinajstić information content (AvgIpc) is 2.95. The molecule has 40 heavy (non-hydrogen) atoms. The van der Waals surface area contributed by atoms with E-state index in [0.717, 1.165) is 0 Å². The van der Waals surface area contributed by atoms with Gasteiger partial charge in [-0.05, 0) is 26.0 Å². The summed E-state index contributed by atoms with van der Waals surface area (Å²) >= 11 is 0. The topological polar surface area (TPSA) is 119 Å². The maximum atomic E-state index is 13.1. The van der Waals surface area contributed by atoms with Crippen LogP contribution in [0.25, 0.3) is 11.1 Å². The van der Waals surface area contributed by atoms with Crippen molar-refractivity contribution in [1.29, 1.82) is 0 Å². The van der Waals surface area contributed by atoms with E-state index in [1.807, 2.05) is 13.8 Å². The Balaban J connectivity index is 2.62. The van der Waals surface area contributed by atoms with Crippen LogP contribution in [-0.2, 0) is 19.1 Å². The smallest absolute Gasteiger partial charge is 0.333 e. The van der Waals surface area contributed by atoms with Crippen LogP contribution in [0.3, 0.4) is 0 Å². The highest BCUT2D eigenvalue weighted by atomic mass is 16.6. The second-order valence-electron chi connectivity index (χ2n) is 9.58. The summed E-state index contributed by atoms with van der Waals surface area (Å²) in [5, 5.41) is 11.8. The molecule has 0 spiro atoms. The molecule has 0 unspecified atom stereocenters. The number of hydrogen-bond acceptors (Lipinski definition) is 10. The van der Waals surface area contributed by atoms with Crippen molar-refractivity contribution in [3.8, 4) is 45.6 Å². The lowest BCUT2D eigenvalue weighted by Crippen LogP contribution is -2.31. The number of allylic oxidation sites excluding steroid dienone is 1. The van der Waals surface area contributed by atoms with Crippen LogP contribution in [0.4, 0.5) is 0 Å². The molecule has 0 saturated heterocycles. The average molecular weight is 559 g/mol. The van der Waals surface area contributed by atoms with E-state index in [4.69, 9.17) is 33.2 Å². The number of benzene rings is 2. The summed E-state index contributed by atoms with van der Waals surface area (Å²) in [6.45, 7) is 8.51. The quantitative estimate of drug-likeness (QED) is 0.327. The summed E-state index contributed by atoms with van der Waals surface area (Å²) in [5.74, 6) is -1.03. The van der Waals surface area contributed by atoms with Gasteiger partial charge in [-0.25, -0.2) is 4.79 Å². The molecule has 0 aromatic heterocycles. The zero-order chi connectivity index (χ0) is 29.9. The van der Waals surface area contributed by atoms with Gasteiger partial charge in [-0.15, -0.1) is 0 Å². The monoisotopic (exact) mass is 558 g/mol. The third-order valence-electron chi connectivity index (χ3n) is 7.46. The van der Waals surface area contributed by atoms with E-state index >= 15 is 0 Å². The van der Waals surface area contributed by atoms with E-state index in [-0.39, 0.29) is 34.3 Å². The number of phenolic OH excluding ortho intramolecular Hbond substituents is 1. The fraction of sp³-hybridized carbons (Fsp3) is 0.467. The minimum atomic E-state index is -0.901. The fourth-order valence-electron chi connectivity index (χ4n) is 5.10. The minimum Gasteiger partial charge on any atom is -0.504 e. The molecule has 4 atom stereocenters. The van der Waals surface area contributed by atoms with Crippen LogP contribution in [0, 0.1) is 11.8 Å². The van der Waals surface area contributed by atoms with Gasteiger partial charge in [0.05, 0.1) is 35.5 Å². The minimum absolute atomic E-state index is 0.0593. The van der Waals surface area contributed by atoms with E-state index in [1.54, 1.807) is 32.1 Å². The van der Waals surface area contributed by atoms with Gasteiger partial charge in [-0.1, -0.05) is 19.9 Å². The van der Waals surface area contributed by atoms with Gasteiger partial charge in [0.15, 0.2) is 23.0 Å². The number of carbonyl (C=O) groups excluding carboxylic acids is 2. The second-order valence-corrected chi connectivity index (χ2v) is 9.58. The molecule has 10 heteroatoms. The first-order valence-corrected chi connectivity index (χ1v) is 12.8. The molecule has 2 aromatic rings. The first-order valence-electron chi connectivity index (χ1n) is 12.8. The van der Waals surface area contributed by atoms with Gasteiger partial charge < -0.3 is 38.3 Å². The molecule has 0 bridgehead atoms. The molecule has 218 valence electrons. The van der Waals surface area contributed by atoms with Gasteiger partial charge in [0.2, 0.25) is 11.5 Å². The number of fused-ring (bicyclic) bond motifs is 3. The first-order chi connectivity index (χ1) is 19.0. The molecule has 1 N–H and O–H groups in total. The molecular weight excluding hydrogens is 520 g/mol. The lowest BCUT2D eigenvalue weighted by atomic mass is 9.74. The van der Waals surface area contributed by atoms with Crippen LogP contribution in [0.15, 0.2) is 23.8 Å². The highest BCUT2D eigenvalue weighted by Crippen LogP contribution is 2.59. The number of hydrogen-bond donors (Lipinski definition) is 1. The Morgan fingerprint density at radius 3 is 1.65 bits per heavy atom. The summed E-state index contributed by atoms with van der Waals surface area (Å²) in [6.07, 6.45) is -0.0910. The molecule has 10 nitrogen and oxygen atoms in total. The molecule has 0 aliphatic heterocycles. The Hall–Kier alpha value is -4.08. The van der Waals surface area contributed by atoms with Gasteiger partial charge in [-0.3, -0.25) is 4.79 Å². The third kappa shape index (κ3) is 5.22. The van der Waals surface area contributed by atoms with E-state index < -0.39 is 36.0 Å². The zero-order valence-electron chi connectivity index (χ0n) is 24.7. The summed E-state index contributed by atoms with van der Waals surface area (Å²) in [5.41, 5.74) is 1.97. The molecule has 1 aliphatic carbocycles. The first kappa shape index (κ1) is 30.5. The molecule has 0 radical (unpaired) electrons. The molecule has 0 heterocycles. The maximum Gasteiger partial charge on any atom is 0.333 e. The van der Waals surface area contributed by atoms with E-state index in [2.05, 4.69) is 0 Å². The summed E-state index contributed by atoms with van der Waals surface area (Å²) in [4.78, 5) is 25.5. The van der Waals surface area contributed by atoms with Crippen molar-refractivity contribution < 1.29 is 47.9 Å². The summed E-state index contributed by atoms with van der Waals surface area (Å²) in [6, 6.07) is 3.37. The largest absolute Gasteiger partial charge is 0.504 e. The van der Waals surface area contributed by atoms with Gasteiger partial charge in [0.1, 0.15) is 12.2 Å². The van der Waals surface area contributed by atoms with Crippen LogP contribution in [0.1, 0.15) is 58.0 Å². The number of rotatable bonds is 8. The number of methoxy groups -OCH3 is 5.